The molecule has 2 aromatic rings. The molecule has 1 aliphatic rings. The molecule has 1 atom stereocenters. The van der Waals surface area contributed by atoms with Crippen molar-refractivity contribution >= 4 is 10.0 Å². The molecule has 0 amide bonds. The van der Waals surface area contributed by atoms with E-state index in [0.29, 0.717) is 10.8 Å². The van der Waals surface area contributed by atoms with E-state index < -0.39 is 10.0 Å². The van der Waals surface area contributed by atoms with Gasteiger partial charge < -0.3 is 4.74 Å². The van der Waals surface area contributed by atoms with Crippen molar-refractivity contribution in [1.82, 2.24) is 9.62 Å². The molecule has 152 valence electrons. The minimum Gasteiger partial charge on any atom is -0.379 e. The molecule has 28 heavy (non-hydrogen) atoms. The molecule has 1 saturated heterocycles. The molecular weight excluding hydrogens is 372 g/mol. The SMILES string of the molecule is CCC(C)c1ccc(S(=O)(=O)NCc2cccc(CN3CCOCC3)c2)cc1. The number of nitrogens with one attached hydrogen (secondary N) is 1. The van der Waals surface area contributed by atoms with Crippen LogP contribution in [0.4, 0.5) is 0 Å². The summed E-state index contributed by atoms with van der Waals surface area (Å²) in [6, 6.07) is 15.3. The van der Waals surface area contributed by atoms with E-state index in [2.05, 4.69) is 35.6 Å². The van der Waals surface area contributed by atoms with Crippen LogP contribution in [0.1, 0.15) is 42.9 Å². The van der Waals surface area contributed by atoms with Gasteiger partial charge in [0.2, 0.25) is 10.0 Å². The van der Waals surface area contributed by atoms with Crippen molar-refractivity contribution in [3.8, 4) is 0 Å². The van der Waals surface area contributed by atoms with Gasteiger partial charge in [0.05, 0.1) is 18.1 Å². The Hall–Kier alpha value is -1.73. The van der Waals surface area contributed by atoms with Crippen LogP contribution in [0.2, 0.25) is 0 Å². The van der Waals surface area contributed by atoms with Crippen molar-refractivity contribution in [2.75, 3.05) is 26.3 Å². The summed E-state index contributed by atoms with van der Waals surface area (Å²) >= 11 is 0. The Labute approximate surface area is 168 Å². The van der Waals surface area contributed by atoms with Crippen molar-refractivity contribution in [3.05, 3.63) is 65.2 Å². The Bertz CT molecular complexity index is 860. The highest BCUT2D eigenvalue weighted by atomic mass is 32.2. The zero-order valence-electron chi connectivity index (χ0n) is 16.7. The molecule has 0 saturated carbocycles. The van der Waals surface area contributed by atoms with Crippen molar-refractivity contribution < 1.29 is 13.2 Å². The van der Waals surface area contributed by atoms with Crippen LogP contribution < -0.4 is 4.72 Å². The second-order valence-electron chi connectivity index (χ2n) is 7.41. The van der Waals surface area contributed by atoms with Gasteiger partial charge in [-0.3, -0.25) is 4.90 Å². The number of rotatable bonds is 8. The third-order valence-corrected chi connectivity index (χ3v) is 6.76. The van der Waals surface area contributed by atoms with E-state index in [1.165, 1.54) is 5.56 Å². The molecule has 6 heteroatoms. The minimum atomic E-state index is -3.52. The van der Waals surface area contributed by atoms with Gasteiger partial charge in [0, 0.05) is 26.2 Å². The van der Waals surface area contributed by atoms with E-state index >= 15 is 0 Å². The zero-order chi connectivity index (χ0) is 20.0. The third kappa shape index (κ3) is 5.64. The van der Waals surface area contributed by atoms with Crippen LogP contribution in [-0.2, 0) is 27.8 Å². The maximum atomic E-state index is 12.6. The topological polar surface area (TPSA) is 58.6 Å². The van der Waals surface area contributed by atoms with E-state index in [4.69, 9.17) is 4.74 Å². The Balaban J connectivity index is 1.61. The third-order valence-electron chi connectivity index (χ3n) is 5.34. The highest BCUT2D eigenvalue weighted by molar-refractivity contribution is 7.89. The van der Waals surface area contributed by atoms with E-state index in [1.54, 1.807) is 12.1 Å². The molecule has 1 N–H and O–H groups in total. The largest absolute Gasteiger partial charge is 0.379 e. The predicted molar refractivity (Wildman–Crippen MR) is 112 cm³/mol. The van der Waals surface area contributed by atoms with Crippen LogP contribution in [0.15, 0.2) is 53.4 Å². The Morgan fingerprint density at radius 1 is 1.07 bits per heavy atom. The maximum absolute atomic E-state index is 12.6. The second kappa shape index (κ2) is 9.65. The van der Waals surface area contributed by atoms with Gasteiger partial charge in [0.25, 0.3) is 0 Å². The Morgan fingerprint density at radius 2 is 1.75 bits per heavy atom. The lowest BCUT2D eigenvalue weighted by atomic mass is 9.99. The summed E-state index contributed by atoms with van der Waals surface area (Å²) in [5, 5.41) is 0. The van der Waals surface area contributed by atoms with Gasteiger partial charge in [-0.25, -0.2) is 13.1 Å². The first-order valence-electron chi connectivity index (χ1n) is 9.95. The Kier molecular flexibility index (Phi) is 7.24. The average molecular weight is 403 g/mol. The Morgan fingerprint density at radius 3 is 2.43 bits per heavy atom. The summed E-state index contributed by atoms with van der Waals surface area (Å²) in [7, 11) is -3.52. The van der Waals surface area contributed by atoms with Gasteiger partial charge in [-0.1, -0.05) is 50.2 Å². The van der Waals surface area contributed by atoms with Gasteiger partial charge in [0.1, 0.15) is 0 Å². The number of sulfonamides is 1. The lowest BCUT2D eigenvalue weighted by Crippen LogP contribution is -2.35. The highest BCUT2D eigenvalue weighted by Crippen LogP contribution is 2.20. The number of ether oxygens (including phenoxy) is 1. The number of benzene rings is 2. The van der Waals surface area contributed by atoms with Crippen LogP contribution in [0.5, 0.6) is 0 Å². The summed E-state index contributed by atoms with van der Waals surface area (Å²) in [5.41, 5.74) is 3.32. The smallest absolute Gasteiger partial charge is 0.240 e. The summed E-state index contributed by atoms with van der Waals surface area (Å²) in [5.74, 6) is 0.430. The lowest BCUT2D eigenvalue weighted by Gasteiger charge is -2.26. The van der Waals surface area contributed by atoms with Crippen LogP contribution in [0, 0.1) is 0 Å². The van der Waals surface area contributed by atoms with Gasteiger partial charge in [-0.15, -0.1) is 0 Å². The standard InChI is InChI=1S/C22H30N2O3S/c1-3-18(2)21-7-9-22(10-8-21)28(25,26)23-16-19-5-4-6-20(15-19)17-24-11-13-27-14-12-24/h4-10,15,18,23H,3,11-14,16-17H2,1-2H3. The molecule has 3 rings (SSSR count). The first-order chi connectivity index (χ1) is 13.5. The van der Waals surface area contributed by atoms with Crippen molar-refractivity contribution in [3.63, 3.8) is 0 Å². The molecule has 0 aliphatic carbocycles. The number of nitrogens with zero attached hydrogens (tertiary/aromatic N) is 1. The first-order valence-corrected chi connectivity index (χ1v) is 11.4. The van der Waals surface area contributed by atoms with Crippen LogP contribution >= 0.6 is 0 Å². The molecule has 1 aliphatic heterocycles. The fourth-order valence-corrected chi connectivity index (χ4v) is 4.35. The highest BCUT2D eigenvalue weighted by Gasteiger charge is 2.15. The predicted octanol–water partition coefficient (Wildman–Crippen LogP) is 3.51. The van der Waals surface area contributed by atoms with E-state index in [1.807, 2.05) is 24.3 Å². The van der Waals surface area contributed by atoms with Gasteiger partial charge in [0.15, 0.2) is 0 Å². The number of hydrogen-bond acceptors (Lipinski definition) is 4. The van der Waals surface area contributed by atoms with E-state index in [9.17, 15) is 8.42 Å². The van der Waals surface area contributed by atoms with Gasteiger partial charge in [-0.05, 0) is 41.2 Å². The summed E-state index contributed by atoms with van der Waals surface area (Å²) in [6.07, 6.45) is 1.03. The number of hydrogen-bond donors (Lipinski definition) is 1. The molecule has 0 bridgehead atoms. The van der Waals surface area contributed by atoms with E-state index in [0.717, 1.165) is 50.4 Å². The average Bonchev–Trinajstić information content (AvgIpc) is 2.73. The fraction of sp³-hybridized carbons (Fsp3) is 0.455. The molecular formula is C22H30N2O3S. The molecule has 0 aromatic heterocycles. The molecule has 1 fully saturated rings. The van der Waals surface area contributed by atoms with Gasteiger partial charge >= 0.3 is 0 Å². The summed E-state index contributed by atoms with van der Waals surface area (Å²) in [6.45, 7) is 8.83. The maximum Gasteiger partial charge on any atom is 0.240 e. The number of morpholine rings is 1. The van der Waals surface area contributed by atoms with Gasteiger partial charge in [-0.2, -0.15) is 0 Å². The molecule has 5 nitrogen and oxygen atoms in total. The monoisotopic (exact) mass is 402 g/mol. The molecule has 1 heterocycles. The van der Waals surface area contributed by atoms with Crippen molar-refractivity contribution in [2.45, 2.75) is 44.2 Å². The second-order valence-corrected chi connectivity index (χ2v) is 9.18. The van der Waals surface area contributed by atoms with Crippen molar-refractivity contribution in [1.29, 1.82) is 0 Å². The van der Waals surface area contributed by atoms with Crippen LogP contribution in [0.3, 0.4) is 0 Å². The van der Waals surface area contributed by atoms with Crippen LogP contribution in [-0.4, -0.2) is 39.6 Å². The fourth-order valence-electron chi connectivity index (χ4n) is 3.33. The van der Waals surface area contributed by atoms with Crippen LogP contribution in [0.25, 0.3) is 0 Å². The first kappa shape index (κ1) is 21.0. The molecule has 0 radical (unpaired) electrons. The normalized spacial score (nSPS) is 16.8. The summed E-state index contributed by atoms with van der Waals surface area (Å²) < 4.78 is 33.4. The minimum absolute atomic E-state index is 0.284. The molecule has 1 unspecified atom stereocenters. The molecule has 2 aromatic carbocycles. The van der Waals surface area contributed by atoms with E-state index in [-0.39, 0.29) is 6.54 Å². The summed E-state index contributed by atoms with van der Waals surface area (Å²) in [4.78, 5) is 2.66. The van der Waals surface area contributed by atoms with Crippen molar-refractivity contribution in [2.24, 2.45) is 0 Å². The quantitative estimate of drug-likeness (QED) is 0.734. The lowest BCUT2D eigenvalue weighted by molar-refractivity contribution is 0.0342. The zero-order valence-corrected chi connectivity index (χ0v) is 17.5. The molecule has 0 spiro atoms.